The zero-order valence-electron chi connectivity index (χ0n) is 21.4. The predicted octanol–water partition coefficient (Wildman–Crippen LogP) is 7.25. The van der Waals surface area contributed by atoms with Crippen LogP contribution in [-0.4, -0.2) is 28.9 Å². The number of carbonyl (C=O) groups excluding carboxylic acids is 1. The van der Waals surface area contributed by atoms with Gasteiger partial charge in [0.25, 0.3) is 0 Å². The molecule has 0 aromatic rings. The average Bonchev–Trinajstić information content (AvgIpc) is 2.67. The molecule has 0 spiro atoms. The van der Waals surface area contributed by atoms with Crippen LogP contribution in [0.15, 0.2) is 46.6 Å². The molecule has 1 aliphatic heterocycles. The molecule has 31 heavy (non-hydrogen) atoms. The van der Waals surface area contributed by atoms with E-state index in [2.05, 4.69) is 52.8 Å². The summed E-state index contributed by atoms with van der Waals surface area (Å²) in [5.41, 5.74) is 11.5. The summed E-state index contributed by atoms with van der Waals surface area (Å²) < 4.78 is 0. The zero-order chi connectivity index (χ0) is 23.4. The van der Waals surface area contributed by atoms with Crippen LogP contribution >= 0.6 is 0 Å². The van der Waals surface area contributed by atoms with E-state index in [0.717, 1.165) is 69.9 Å². The van der Waals surface area contributed by atoms with Gasteiger partial charge in [-0.05, 0) is 106 Å². The minimum atomic E-state index is -0.351. The van der Waals surface area contributed by atoms with Gasteiger partial charge in [-0.25, -0.2) is 0 Å². The van der Waals surface area contributed by atoms with Crippen molar-refractivity contribution in [1.29, 1.82) is 0 Å². The smallest absolute Gasteiger partial charge is 0.246 e. The molecule has 0 aromatic carbocycles. The molecule has 1 fully saturated rings. The van der Waals surface area contributed by atoms with Crippen LogP contribution in [0.1, 0.15) is 106 Å². The van der Waals surface area contributed by atoms with Crippen LogP contribution in [0.4, 0.5) is 0 Å². The summed E-state index contributed by atoms with van der Waals surface area (Å²) in [5, 5.41) is 0. The van der Waals surface area contributed by atoms with Crippen LogP contribution in [0.3, 0.4) is 0 Å². The molecule has 3 heteroatoms. The number of piperidine rings is 1. The fourth-order valence-corrected chi connectivity index (χ4v) is 4.22. The first kappa shape index (κ1) is 27.4. The second kappa shape index (κ2) is 13.7. The van der Waals surface area contributed by atoms with Gasteiger partial charge in [0.1, 0.15) is 0 Å². The Kier molecular flexibility index (Phi) is 12.1. The molecule has 1 atom stereocenters. The van der Waals surface area contributed by atoms with Gasteiger partial charge in [0.15, 0.2) is 0 Å². The number of hydrogen-bond donors (Lipinski definition) is 1. The molecule has 0 radical (unpaired) electrons. The van der Waals surface area contributed by atoms with E-state index in [0.29, 0.717) is 0 Å². The number of allylic oxidation sites excluding steroid dienone is 7. The molecular formula is C28H48N2O. The molecule has 1 amide bonds. The lowest BCUT2D eigenvalue weighted by Crippen LogP contribution is -2.58. The highest BCUT2D eigenvalue weighted by molar-refractivity contribution is 5.88. The molecule has 1 heterocycles. The highest BCUT2D eigenvalue weighted by Crippen LogP contribution is 2.25. The van der Waals surface area contributed by atoms with E-state index in [9.17, 15) is 4.79 Å². The van der Waals surface area contributed by atoms with E-state index in [1.165, 1.54) is 16.7 Å². The third-order valence-electron chi connectivity index (χ3n) is 6.17. The van der Waals surface area contributed by atoms with Gasteiger partial charge in [-0.3, -0.25) is 4.79 Å². The Balaban J connectivity index is 2.45. The molecule has 0 bridgehead atoms. The highest BCUT2D eigenvalue weighted by Gasteiger charge is 2.34. The van der Waals surface area contributed by atoms with E-state index in [1.807, 2.05) is 24.8 Å². The third-order valence-corrected chi connectivity index (χ3v) is 6.17. The predicted molar refractivity (Wildman–Crippen MR) is 136 cm³/mol. The largest absolute Gasteiger partial charge is 0.334 e. The van der Waals surface area contributed by atoms with E-state index >= 15 is 0 Å². The normalized spacial score (nSPS) is 18.9. The molecular weight excluding hydrogens is 380 g/mol. The topological polar surface area (TPSA) is 46.3 Å². The second-order valence-electron chi connectivity index (χ2n) is 10.4. The molecule has 1 unspecified atom stereocenters. The Bertz CT molecular complexity index is 684. The first-order valence-corrected chi connectivity index (χ1v) is 12.2. The third kappa shape index (κ3) is 11.5. The average molecular weight is 429 g/mol. The van der Waals surface area contributed by atoms with Gasteiger partial charge < -0.3 is 10.6 Å². The van der Waals surface area contributed by atoms with Crippen molar-refractivity contribution in [1.82, 2.24) is 4.90 Å². The van der Waals surface area contributed by atoms with Gasteiger partial charge in [-0.15, -0.1) is 0 Å². The molecule has 0 aromatic heterocycles. The minimum absolute atomic E-state index is 0.134. The molecule has 0 aliphatic carbocycles. The number of nitrogens with zero attached hydrogens (tertiary/aromatic N) is 1. The van der Waals surface area contributed by atoms with Crippen molar-refractivity contribution in [2.24, 2.45) is 5.73 Å². The number of hydrogen-bond acceptors (Lipinski definition) is 2. The van der Waals surface area contributed by atoms with Gasteiger partial charge >= 0.3 is 0 Å². The first-order chi connectivity index (χ1) is 14.5. The Morgan fingerprint density at radius 2 is 1.39 bits per heavy atom. The molecule has 1 aliphatic rings. The van der Waals surface area contributed by atoms with Crippen molar-refractivity contribution >= 4 is 5.91 Å². The van der Waals surface area contributed by atoms with E-state index in [-0.39, 0.29) is 17.5 Å². The maximum Gasteiger partial charge on any atom is 0.246 e. The van der Waals surface area contributed by atoms with E-state index in [1.54, 1.807) is 0 Å². The lowest BCUT2D eigenvalue weighted by molar-refractivity contribution is -0.131. The Labute approximate surface area is 192 Å². The highest BCUT2D eigenvalue weighted by atomic mass is 16.2. The Hall–Kier alpha value is -1.61. The van der Waals surface area contributed by atoms with Crippen molar-refractivity contribution in [2.75, 3.05) is 6.54 Å². The van der Waals surface area contributed by atoms with E-state index < -0.39 is 0 Å². The number of rotatable bonds is 11. The van der Waals surface area contributed by atoms with Crippen molar-refractivity contribution < 1.29 is 4.79 Å². The molecule has 3 nitrogen and oxygen atoms in total. The van der Waals surface area contributed by atoms with Crippen LogP contribution in [-0.2, 0) is 4.79 Å². The van der Waals surface area contributed by atoms with Crippen molar-refractivity contribution in [3.8, 4) is 0 Å². The number of nitrogens with two attached hydrogens (primary N) is 1. The lowest BCUT2D eigenvalue weighted by Gasteiger charge is -2.42. The van der Waals surface area contributed by atoms with Crippen LogP contribution < -0.4 is 5.73 Å². The molecule has 0 saturated carbocycles. The maximum atomic E-state index is 12.8. The molecule has 1 rings (SSSR count). The summed E-state index contributed by atoms with van der Waals surface area (Å²) >= 11 is 0. The van der Waals surface area contributed by atoms with Gasteiger partial charge in [0, 0.05) is 24.2 Å². The number of carbonyl (C=O) groups is 1. The van der Waals surface area contributed by atoms with Crippen LogP contribution in [0.25, 0.3) is 0 Å². The minimum Gasteiger partial charge on any atom is -0.334 e. The number of amides is 1. The van der Waals surface area contributed by atoms with Gasteiger partial charge in [-0.2, -0.15) is 0 Å². The summed E-state index contributed by atoms with van der Waals surface area (Å²) in [6.45, 7) is 15.7. The summed E-state index contributed by atoms with van der Waals surface area (Å²) in [6.07, 6.45) is 18.6. The summed E-state index contributed by atoms with van der Waals surface area (Å²) in [6, 6.07) is 0.137. The molecule has 1 saturated heterocycles. The Morgan fingerprint density at radius 1 is 0.871 bits per heavy atom. The van der Waals surface area contributed by atoms with E-state index in [4.69, 9.17) is 5.73 Å². The molecule has 176 valence electrons. The zero-order valence-corrected chi connectivity index (χ0v) is 21.4. The fourth-order valence-electron chi connectivity index (χ4n) is 4.22. The first-order valence-electron chi connectivity index (χ1n) is 12.2. The van der Waals surface area contributed by atoms with Crippen molar-refractivity contribution in [3.05, 3.63) is 46.6 Å². The van der Waals surface area contributed by atoms with Crippen molar-refractivity contribution in [3.63, 3.8) is 0 Å². The maximum absolute atomic E-state index is 12.8. The Morgan fingerprint density at radius 3 is 1.90 bits per heavy atom. The SMILES string of the molecule is CC(C)=CCC/C(C)=C/CC/C(C)=C/CC/C(C)=C/C(=O)N1CCCCC1C(C)(C)N. The van der Waals surface area contributed by atoms with Gasteiger partial charge in [0.05, 0.1) is 0 Å². The van der Waals surface area contributed by atoms with Gasteiger partial charge in [-0.1, -0.05) is 40.5 Å². The summed E-state index contributed by atoms with van der Waals surface area (Å²) in [4.78, 5) is 14.8. The number of likely N-dealkylation sites (tertiary alicyclic amines) is 1. The lowest BCUT2D eigenvalue weighted by atomic mass is 9.87. The van der Waals surface area contributed by atoms with Crippen molar-refractivity contribution in [2.45, 2.75) is 118 Å². The van der Waals surface area contributed by atoms with Gasteiger partial charge in [0.2, 0.25) is 5.91 Å². The monoisotopic (exact) mass is 428 g/mol. The standard InChI is InChI=1S/C28H48N2O/c1-22(2)13-10-14-23(3)15-11-16-24(4)17-12-18-25(5)21-27(31)30-20-9-8-19-26(30)28(6,7)29/h13,15,17,21,26H,8-12,14,16,18-20,29H2,1-7H3/b23-15+,24-17+,25-21+. The summed E-state index contributed by atoms with van der Waals surface area (Å²) in [7, 11) is 0. The quantitative estimate of drug-likeness (QED) is 0.278. The fraction of sp³-hybridized carbons (Fsp3) is 0.679. The second-order valence-corrected chi connectivity index (χ2v) is 10.4. The van der Waals surface area contributed by atoms with Crippen LogP contribution in [0.5, 0.6) is 0 Å². The van der Waals surface area contributed by atoms with Crippen LogP contribution in [0, 0.1) is 0 Å². The van der Waals surface area contributed by atoms with Crippen LogP contribution in [0.2, 0.25) is 0 Å². The summed E-state index contributed by atoms with van der Waals surface area (Å²) in [5.74, 6) is 0.134. The molecule has 2 N–H and O–H groups in total.